The van der Waals surface area contributed by atoms with Crippen molar-refractivity contribution in [2.75, 3.05) is 24.6 Å². The Kier molecular flexibility index (Phi) is 14.9. The molecule has 0 aliphatic heterocycles. The Morgan fingerprint density at radius 1 is 1.21 bits per heavy atom. The molecule has 0 aliphatic carbocycles. The normalized spacial score (nSPS) is 8.79. The van der Waals surface area contributed by atoms with E-state index in [-0.39, 0.29) is 0 Å². The Hall–Kier alpha value is -0.170. The van der Waals surface area contributed by atoms with Crippen molar-refractivity contribution in [2.45, 2.75) is 6.92 Å². The molecule has 0 aromatic carbocycles. The maximum absolute atomic E-state index is 9.82. The second kappa shape index (κ2) is 12.8. The fraction of sp³-hybridized carbons (Fsp3) is 0.625. The number of carbonyl (C=O) groups is 1. The van der Waals surface area contributed by atoms with Gasteiger partial charge in [0, 0.05) is 30.2 Å². The monoisotopic (exact) mass is 237 g/mol. The number of hydrogen-bond acceptors (Lipinski definition) is 5. The number of primary amides is 1. The third-order valence-electron chi connectivity index (χ3n) is 0.906. The average molecular weight is 237 g/mol. The Morgan fingerprint density at radius 3 is 1.64 bits per heavy atom. The molecule has 84 valence electrons. The molecule has 0 spiro atoms. The highest BCUT2D eigenvalue weighted by Crippen LogP contribution is 2.18. The van der Waals surface area contributed by atoms with Crippen LogP contribution in [0.4, 0.5) is 0 Å². The van der Waals surface area contributed by atoms with Gasteiger partial charge < -0.3 is 17.2 Å². The Morgan fingerprint density at radius 2 is 1.50 bits per heavy atom. The molecule has 6 N–H and O–H groups in total. The summed E-state index contributed by atoms with van der Waals surface area (Å²) in [6, 6.07) is 0. The largest absolute Gasteiger partial charge is 0.366 e. The fourth-order valence-corrected chi connectivity index (χ4v) is 1.93. The van der Waals surface area contributed by atoms with E-state index in [0.29, 0.717) is 5.57 Å². The van der Waals surface area contributed by atoms with Crippen molar-refractivity contribution in [3.8, 4) is 0 Å². The van der Waals surface area contributed by atoms with Crippen LogP contribution in [0, 0.1) is 0 Å². The highest BCUT2D eigenvalue weighted by Gasteiger charge is 1.86. The SMILES string of the molecule is C=C(C)C(N)=O.NCCSSCCN. The summed E-state index contributed by atoms with van der Waals surface area (Å²) in [7, 11) is 3.58. The summed E-state index contributed by atoms with van der Waals surface area (Å²) in [6.07, 6.45) is 0. The topological polar surface area (TPSA) is 95.1 Å². The van der Waals surface area contributed by atoms with Gasteiger partial charge in [0.15, 0.2) is 0 Å². The molecule has 1 amide bonds. The van der Waals surface area contributed by atoms with Crippen LogP contribution in [0.3, 0.4) is 0 Å². The van der Waals surface area contributed by atoms with E-state index >= 15 is 0 Å². The molecule has 0 saturated heterocycles. The highest BCUT2D eigenvalue weighted by molar-refractivity contribution is 8.76. The van der Waals surface area contributed by atoms with Gasteiger partial charge in [-0.3, -0.25) is 4.79 Å². The first kappa shape index (κ1) is 16.3. The fourth-order valence-electron chi connectivity index (χ4n) is 0.214. The smallest absolute Gasteiger partial charge is 0.243 e. The molecule has 0 rings (SSSR count). The quantitative estimate of drug-likeness (QED) is 0.351. The molecule has 0 heterocycles. The summed E-state index contributed by atoms with van der Waals surface area (Å²) in [5.74, 6) is 1.63. The maximum atomic E-state index is 9.82. The third kappa shape index (κ3) is 17.8. The average Bonchev–Trinajstić information content (AvgIpc) is 2.13. The third-order valence-corrected chi connectivity index (χ3v) is 3.38. The van der Waals surface area contributed by atoms with Crippen molar-refractivity contribution in [1.29, 1.82) is 0 Å². The van der Waals surface area contributed by atoms with Crippen molar-refractivity contribution < 1.29 is 4.79 Å². The van der Waals surface area contributed by atoms with E-state index in [1.807, 2.05) is 0 Å². The van der Waals surface area contributed by atoms with Crippen LogP contribution >= 0.6 is 21.6 Å². The van der Waals surface area contributed by atoms with E-state index < -0.39 is 5.91 Å². The number of amides is 1. The van der Waals surface area contributed by atoms with E-state index in [2.05, 4.69) is 6.58 Å². The zero-order chi connectivity index (χ0) is 11.4. The Bertz CT molecular complexity index is 147. The van der Waals surface area contributed by atoms with Gasteiger partial charge in [-0.1, -0.05) is 28.2 Å². The first-order valence-electron chi connectivity index (χ1n) is 4.16. The van der Waals surface area contributed by atoms with Crippen LogP contribution in [0.2, 0.25) is 0 Å². The molecule has 0 aromatic heterocycles. The predicted octanol–water partition coefficient (Wildman–Crippen LogP) is 0.333. The van der Waals surface area contributed by atoms with E-state index in [0.717, 1.165) is 24.6 Å². The van der Waals surface area contributed by atoms with E-state index in [1.165, 1.54) is 0 Å². The molecule has 0 saturated carbocycles. The Labute approximate surface area is 93.4 Å². The Balaban J connectivity index is 0. The molecular weight excluding hydrogens is 218 g/mol. The lowest BCUT2D eigenvalue weighted by Gasteiger charge is -1.93. The van der Waals surface area contributed by atoms with Crippen LogP contribution in [-0.4, -0.2) is 30.5 Å². The lowest BCUT2D eigenvalue weighted by Crippen LogP contribution is -2.10. The van der Waals surface area contributed by atoms with Gasteiger partial charge in [0.05, 0.1) is 0 Å². The molecule has 0 fully saturated rings. The minimum absolute atomic E-state index is 0.398. The summed E-state index contributed by atoms with van der Waals surface area (Å²) in [6.45, 7) is 6.38. The van der Waals surface area contributed by atoms with Crippen LogP contribution in [0.5, 0.6) is 0 Å². The lowest BCUT2D eigenvalue weighted by molar-refractivity contribution is -0.114. The summed E-state index contributed by atoms with van der Waals surface area (Å²) in [5.41, 5.74) is 15.6. The van der Waals surface area contributed by atoms with Crippen molar-refractivity contribution in [3.63, 3.8) is 0 Å². The van der Waals surface area contributed by atoms with Crippen LogP contribution in [0.25, 0.3) is 0 Å². The summed E-state index contributed by atoms with van der Waals surface area (Å²) >= 11 is 0. The number of carbonyl (C=O) groups excluding carboxylic acids is 1. The van der Waals surface area contributed by atoms with E-state index in [4.69, 9.17) is 17.2 Å². The first-order valence-corrected chi connectivity index (χ1v) is 6.64. The van der Waals surface area contributed by atoms with Crippen LogP contribution in [0.15, 0.2) is 12.2 Å². The van der Waals surface area contributed by atoms with Crippen molar-refractivity contribution in [2.24, 2.45) is 17.2 Å². The molecule has 0 bridgehead atoms. The zero-order valence-corrected chi connectivity index (χ0v) is 10.1. The molecule has 14 heavy (non-hydrogen) atoms. The summed E-state index contributed by atoms with van der Waals surface area (Å²) < 4.78 is 0. The van der Waals surface area contributed by atoms with Crippen molar-refractivity contribution >= 4 is 27.5 Å². The number of nitrogens with two attached hydrogens (primary N) is 3. The maximum Gasteiger partial charge on any atom is 0.243 e. The standard InChI is InChI=1S/C4H12N2S2.C4H7NO/c5-1-3-7-8-4-2-6;1-3(2)4(5)6/h1-6H2;1H2,2H3,(H2,5,6). The minimum Gasteiger partial charge on any atom is -0.366 e. The van der Waals surface area contributed by atoms with Gasteiger partial charge in [-0.05, 0) is 6.92 Å². The van der Waals surface area contributed by atoms with Gasteiger partial charge >= 0.3 is 0 Å². The van der Waals surface area contributed by atoms with Crippen LogP contribution < -0.4 is 17.2 Å². The molecule has 6 heteroatoms. The van der Waals surface area contributed by atoms with Gasteiger partial charge in [-0.2, -0.15) is 0 Å². The highest BCUT2D eigenvalue weighted by atomic mass is 33.1. The van der Waals surface area contributed by atoms with Gasteiger partial charge in [0.25, 0.3) is 0 Å². The minimum atomic E-state index is -0.435. The summed E-state index contributed by atoms with van der Waals surface area (Å²) in [5, 5.41) is 0. The molecule has 0 aliphatic rings. The molecule has 0 aromatic rings. The van der Waals surface area contributed by atoms with Gasteiger partial charge in [-0.15, -0.1) is 0 Å². The van der Waals surface area contributed by atoms with E-state index in [9.17, 15) is 4.79 Å². The van der Waals surface area contributed by atoms with Crippen molar-refractivity contribution in [1.82, 2.24) is 0 Å². The van der Waals surface area contributed by atoms with Gasteiger partial charge in [0.1, 0.15) is 0 Å². The van der Waals surface area contributed by atoms with Gasteiger partial charge in [0.2, 0.25) is 5.91 Å². The van der Waals surface area contributed by atoms with E-state index in [1.54, 1.807) is 28.5 Å². The molecule has 4 nitrogen and oxygen atoms in total. The predicted molar refractivity (Wildman–Crippen MR) is 67.0 cm³/mol. The second-order valence-corrected chi connectivity index (χ2v) is 5.07. The molecule has 0 radical (unpaired) electrons. The van der Waals surface area contributed by atoms with Crippen LogP contribution in [0.1, 0.15) is 6.92 Å². The zero-order valence-electron chi connectivity index (χ0n) is 8.49. The summed E-state index contributed by atoms with van der Waals surface area (Å²) in [4.78, 5) is 9.82. The molecule has 0 atom stereocenters. The number of hydrogen-bond donors (Lipinski definition) is 3. The number of rotatable bonds is 6. The first-order chi connectivity index (χ1) is 6.56. The second-order valence-electron chi connectivity index (χ2n) is 2.37. The molecule has 0 unspecified atom stereocenters. The lowest BCUT2D eigenvalue weighted by atomic mass is 10.3. The van der Waals surface area contributed by atoms with Crippen LogP contribution in [-0.2, 0) is 4.79 Å². The van der Waals surface area contributed by atoms with Gasteiger partial charge in [-0.25, -0.2) is 0 Å². The van der Waals surface area contributed by atoms with Crippen molar-refractivity contribution in [3.05, 3.63) is 12.2 Å². The molecular formula is C8H19N3OS2.